The number of methoxy groups -OCH3 is 1. The van der Waals surface area contributed by atoms with Crippen molar-refractivity contribution in [2.45, 2.75) is 11.1 Å². The molecule has 7 nitrogen and oxygen atoms in total. The Bertz CT molecular complexity index is 1120. The summed E-state index contributed by atoms with van der Waals surface area (Å²) < 4.78 is 66.4. The van der Waals surface area contributed by atoms with E-state index in [2.05, 4.69) is 19.6 Å². The van der Waals surface area contributed by atoms with Gasteiger partial charge in [0.05, 0.1) is 6.61 Å². The van der Waals surface area contributed by atoms with E-state index in [-0.39, 0.29) is 11.8 Å². The Labute approximate surface area is 210 Å². The van der Waals surface area contributed by atoms with Crippen molar-refractivity contribution < 1.29 is 27.0 Å². The van der Waals surface area contributed by atoms with Crippen molar-refractivity contribution in [3.05, 3.63) is 66.1 Å². The fraction of sp³-hybridized carbons (Fsp3) is 0.333. The van der Waals surface area contributed by atoms with Crippen LogP contribution in [-0.4, -0.2) is 60.8 Å². The van der Waals surface area contributed by atoms with Gasteiger partial charge in [0.2, 0.25) is 5.95 Å². The van der Waals surface area contributed by atoms with E-state index in [9.17, 15) is 17.6 Å². The van der Waals surface area contributed by atoms with E-state index in [1.54, 1.807) is 24.0 Å². The Morgan fingerprint density at radius 2 is 1.64 bits per heavy atom. The topological polar surface area (TPSA) is 62.8 Å². The van der Waals surface area contributed by atoms with Crippen LogP contribution in [-0.2, 0) is 10.9 Å². The summed E-state index contributed by atoms with van der Waals surface area (Å²) in [5.74, 6) is 0.301. The van der Waals surface area contributed by atoms with Crippen LogP contribution in [0.4, 0.5) is 35.0 Å². The highest BCUT2D eigenvalue weighted by Crippen LogP contribution is 2.32. The summed E-state index contributed by atoms with van der Waals surface area (Å²) in [7, 11) is 1.62. The van der Waals surface area contributed by atoms with E-state index in [1.165, 1.54) is 24.3 Å². The number of hydrogen-bond acceptors (Lipinski definition) is 8. The van der Waals surface area contributed by atoms with Crippen LogP contribution in [0.3, 0.4) is 0 Å². The van der Waals surface area contributed by atoms with Gasteiger partial charge in [-0.2, -0.15) is 18.2 Å². The molecule has 36 heavy (non-hydrogen) atoms. The number of aromatic nitrogens is 2. The summed E-state index contributed by atoms with van der Waals surface area (Å²) in [6.45, 7) is 3.13. The maximum absolute atomic E-state index is 13.5. The second-order valence-electron chi connectivity index (χ2n) is 7.89. The van der Waals surface area contributed by atoms with E-state index in [1.807, 2.05) is 24.3 Å². The summed E-state index contributed by atoms with van der Waals surface area (Å²) in [6.07, 6.45) is -4.63. The molecule has 0 radical (unpaired) electrons. The first-order valence-electron chi connectivity index (χ1n) is 11.2. The van der Waals surface area contributed by atoms with Crippen LogP contribution in [0.2, 0.25) is 0 Å². The van der Waals surface area contributed by atoms with E-state index >= 15 is 0 Å². The maximum atomic E-state index is 13.5. The van der Waals surface area contributed by atoms with Crippen LogP contribution in [0.25, 0.3) is 0 Å². The maximum Gasteiger partial charge on any atom is 0.433 e. The van der Waals surface area contributed by atoms with E-state index in [0.29, 0.717) is 45.1 Å². The van der Waals surface area contributed by atoms with Crippen LogP contribution in [0.15, 0.2) is 59.5 Å². The molecule has 0 amide bonds. The summed E-state index contributed by atoms with van der Waals surface area (Å²) in [6, 6.07) is 13.8. The van der Waals surface area contributed by atoms with Gasteiger partial charge in [0.25, 0.3) is 0 Å². The molecule has 2 heterocycles. The molecule has 0 aliphatic carbocycles. The van der Waals surface area contributed by atoms with Crippen molar-refractivity contribution in [2.75, 3.05) is 56.7 Å². The number of hydrogen-bond donors (Lipinski definition) is 1. The Morgan fingerprint density at radius 1 is 0.944 bits per heavy atom. The molecule has 1 fully saturated rings. The minimum Gasteiger partial charge on any atom is -0.491 e. The third-order valence-corrected chi connectivity index (χ3v) is 6.36. The predicted molar refractivity (Wildman–Crippen MR) is 130 cm³/mol. The number of piperazine rings is 1. The molecule has 1 aromatic heterocycles. The molecule has 0 unspecified atom stereocenters. The lowest BCUT2D eigenvalue weighted by molar-refractivity contribution is -0.141. The summed E-state index contributed by atoms with van der Waals surface area (Å²) in [4.78, 5) is 10.8. The van der Waals surface area contributed by atoms with Crippen LogP contribution in [0.5, 0.6) is 5.75 Å². The Morgan fingerprint density at radius 3 is 2.28 bits per heavy atom. The number of anilines is 3. The number of rotatable bonds is 9. The van der Waals surface area contributed by atoms with Crippen molar-refractivity contribution in [1.82, 2.24) is 14.3 Å². The number of halogens is 4. The molecule has 1 N–H and O–H groups in total. The molecular formula is C24H25F4N5O2S. The molecule has 0 atom stereocenters. The van der Waals surface area contributed by atoms with Crippen molar-refractivity contribution >= 4 is 29.4 Å². The summed E-state index contributed by atoms with van der Waals surface area (Å²) in [5.41, 5.74) is -0.618. The first-order valence-corrected chi connectivity index (χ1v) is 12.0. The highest BCUT2D eigenvalue weighted by Gasteiger charge is 2.34. The van der Waals surface area contributed by atoms with Crippen LogP contribution in [0, 0.1) is 5.82 Å². The Hall–Kier alpha value is -3.09. The molecule has 3 aromatic rings. The smallest absolute Gasteiger partial charge is 0.433 e. The molecule has 1 aliphatic rings. The fourth-order valence-corrected chi connectivity index (χ4v) is 4.34. The van der Waals surface area contributed by atoms with Crippen molar-refractivity contribution in [3.63, 3.8) is 0 Å². The largest absolute Gasteiger partial charge is 0.491 e. The van der Waals surface area contributed by atoms with Gasteiger partial charge in [0, 0.05) is 49.9 Å². The monoisotopic (exact) mass is 523 g/mol. The quantitative estimate of drug-likeness (QED) is 0.232. The third-order valence-electron chi connectivity index (χ3n) is 5.26. The lowest BCUT2D eigenvalue weighted by Gasteiger charge is -2.34. The molecular weight excluding hydrogens is 498 g/mol. The summed E-state index contributed by atoms with van der Waals surface area (Å²) >= 11 is 1.57. The molecule has 1 aliphatic heterocycles. The Kier molecular flexibility index (Phi) is 8.49. The number of alkyl halides is 3. The van der Waals surface area contributed by atoms with Gasteiger partial charge in [0.15, 0.2) is 5.69 Å². The summed E-state index contributed by atoms with van der Waals surface area (Å²) in [5, 5.41) is 2.81. The second kappa shape index (κ2) is 11.8. The van der Waals surface area contributed by atoms with Crippen LogP contribution in [0.1, 0.15) is 5.69 Å². The minimum atomic E-state index is -4.63. The average Bonchev–Trinajstić information content (AvgIpc) is 2.86. The number of benzene rings is 2. The molecule has 1 saturated heterocycles. The predicted octanol–water partition coefficient (Wildman–Crippen LogP) is 5.23. The standard InChI is InChI=1S/C24H25F4N5O2S/c1-34-14-15-35-19-6-8-20(9-7-19)36-33-12-10-32(11-13-33)23-30-21(24(26,27)28)16-22(31-23)29-18-4-2-17(25)3-5-18/h2-9,16H,10-15H2,1H3,(H,29,30,31). The van der Waals surface area contributed by atoms with Gasteiger partial charge < -0.3 is 19.7 Å². The molecule has 2 aromatic carbocycles. The second-order valence-corrected chi connectivity index (χ2v) is 9.06. The van der Waals surface area contributed by atoms with Gasteiger partial charge in [-0.05, 0) is 60.5 Å². The van der Waals surface area contributed by atoms with Gasteiger partial charge in [-0.3, -0.25) is 0 Å². The lowest BCUT2D eigenvalue weighted by Crippen LogP contribution is -2.44. The molecule has 0 saturated carbocycles. The molecule has 12 heteroatoms. The Balaban J connectivity index is 1.39. The van der Waals surface area contributed by atoms with Crippen molar-refractivity contribution in [2.24, 2.45) is 0 Å². The fourth-order valence-electron chi connectivity index (χ4n) is 3.43. The van der Waals surface area contributed by atoms with E-state index in [4.69, 9.17) is 9.47 Å². The van der Waals surface area contributed by atoms with Gasteiger partial charge in [-0.15, -0.1) is 0 Å². The molecule has 192 valence electrons. The van der Waals surface area contributed by atoms with Crippen LogP contribution >= 0.6 is 11.9 Å². The zero-order valence-electron chi connectivity index (χ0n) is 19.5. The van der Waals surface area contributed by atoms with Crippen molar-refractivity contribution in [3.8, 4) is 5.75 Å². The number of nitrogens with one attached hydrogen (secondary N) is 1. The molecule has 0 bridgehead atoms. The van der Waals surface area contributed by atoms with Gasteiger partial charge in [-0.1, -0.05) is 0 Å². The highest BCUT2D eigenvalue weighted by atomic mass is 32.2. The third kappa shape index (κ3) is 7.21. The highest BCUT2D eigenvalue weighted by molar-refractivity contribution is 7.97. The zero-order valence-corrected chi connectivity index (χ0v) is 20.3. The lowest BCUT2D eigenvalue weighted by atomic mass is 10.3. The van der Waals surface area contributed by atoms with Gasteiger partial charge >= 0.3 is 6.18 Å². The average molecular weight is 524 g/mol. The van der Waals surface area contributed by atoms with E-state index in [0.717, 1.165) is 16.7 Å². The van der Waals surface area contributed by atoms with Gasteiger partial charge in [-0.25, -0.2) is 13.7 Å². The van der Waals surface area contributed by atoms with Crippen molar-refractivity contribution in [1.29, 1.82) is 0 Å². The first kappa shape index (κ1) is 26.0. The SMILES string of the molecule is COCCOc1ccc(SN2CCN(c3nc(Nc4ccc(F)cc4)cc(C(F)(F)F)n3)CC2)cc1. The van der Waals surface area contributed by atoms with Gasteiger partial charge in [0.1, 0.15) is 24.0 Å². The van der Waals surface area contributed by atoms with E-state index < -0.39 is 17.7 Å². The normalized spacial score (nSPS) is 14.6. The number of ether oxygens (including phenoxy) is 2. The number of nitrogens with zero attached hydrogens (tertiary/aromatic N) is 4. The molecule has 0 spiro atoms. The first-order chi connectivity index (χ1) is 17.3. The molecule has 4 rings (SSSR count). The minimum absolute atomic E-state index is 0.00310. The zero-order chi connectivity index (χ0) is 25.5. The van der Waals surface area contributed by atoms with Crippen LogP contribution < -0.4 is 15.0 Å².